The second kappa shape index (κ2) is 4.56. The van der Waals surface area contributed by atoms with Gasteiger partial charge < -0.3 is 15.5 Å². The molecule has 1 aromatic rings. The van der Waals surface area contributed by atoms with Crippen LogP contribution in [0.1, 0.15) is 12.5 Å². The summed E-state index contributed by atoms with van der Waals surface area (Å²) in [6, 6.07) is 3.33. The number of nitrogens with one attached hydrogen (secondary N) is 1. The minimum atomic E-state index is -0.610. The number of carbonyl (C=O) groups excluding carboxylic acids is 2. The van der Waals surface area contributed by atoms with Crippen molar-refractivity contribution < 1.29 is 19.8 Å². The van der Waals surface area contributed by atoms with Crippen molar-refractivity contribution in [1.82, 2.24) is 10.2 Å². The molecule has 1 atom stereocenters. The van der Waals surface area contributed by atoms with Crippen LogP contribution < -0.4 is 5.32 Å². The molecule has 1 aliphatic rings. The molecule has 18 heavy (non-hydrogen) atoms. The van der Waals surface area contributed by atoms with Gasteiger partial charge in [0, 0.05) is 13.0 Å². The second-order valence-electron chi connectivity index (χ2n) is 4.11. The topological polar surface area (TPSA) is 89.9 Å². The first kappa shape index (κ1) is 12.2. The minimum Gasteiger partial charge on any atom is -0.504 e. The zero-order valence-electron chi connectivity index (χ0n) is 9.88. The summed E-state index contributed by atoms with van der Waals surface area (Å²) in [5.41, 5.74) is 0.668. The van der Waals surface area contributed by atoms with Crippen LogP contribution in [0.25, 0.3) is 0 Å². The maximum absolute atomic E-state index is 11.8. The summed E-state index contributed by atoms with van der Waals surface area (Å²) in [6.45, 7) is 2.06. The van der Waals surface area contributed by atoms with Gasteiger partial charge in [-0.1, -0.05) is 6.07 Å². The first-order chi connectivity index (χ1) is 8.52. The third kappa shape index (κ3) is 2.09. The molecule has 6 heteroatoms. The maximum Gasteiger partial charge on any atom is 0.324 e. The molecule has 0 aromatic heterocycles. The summed E-state index contributed by atoms with van der Waals surface area (Å²) in [6.07, 6.45) is 0.287. The second-order valence-corrected chi connectivity index (χ2v) is 4.11. The Morgan fingerprint density at radius 3 is 2.56 bits per heavy atom. The minimum absolute atomic E-state index is 0.212. The maximum atomic E-state index is 11.8. The number of nitrogens with zero attached hydrogens (tertiary/aromatic N) is 1. The lowest BCUT2D eigenvalue weighted by atomic mass is 10.1. The highest BCUT2D eigenvalue weighted by Crippen LogP contribution is 2.25. The van der Waals surface area contributed by atoms with E-state index < -0.39 is 12.1 Å². The number of benzene rings is 1. The molecular weight excluding hydrogens is 236 g/mol. The van der Waals surface area contributed by atoms with Crippen LogP contribution in [0.2, 0.25) is 0 Å². The number of imide groups is 1. The van der Waals surface area contributed by atoms with E-state index in [0.717, 1.165) is 4.90 Å². The Bertz CT molecular complexity index is 501. The van der Waals surface area contributed by atoms with Gasteiger partial charge in [-0.2, -0.15) is 0 Å². The summed E-state index contributed by atoms with van der Waals surface area (Å²) in [5.74, 6) is -0.720. The Hall–Kier alpha value is -2.24. The van der Waals surface area contributed by atoms with Crippen molar-refractivity contribution in [3.05, 3.63) is 23.8 Å². The van der Waals surface area contributed by atoms with Crippen LogP contribution in [0.5, 0.6) is 11.5 Å². The predicted octanol–water partition coefficient (Wildman–Crippen LogP) is 0.581. The van der Waals surface area contributed by atoms with Gasteiger partial charge in [-0.05, 0) is 24.6 Å². The van der Waals surface area contributed by atoms with Gasteiger partial charge in [-0.15, -0.1) is 0 Å². The summed E-state index contributed by atoms with van der Waals surface area (Å²) in [7, 11) is 0. The first-order valence-corrected chi connectivity index (χ1v) is 5.65. The Labute approximate surface area is 104 Å². The van der Waals surface area contributed by atoms with Gasteiger partial charge in [0.05, 0.1) is 0 Å². The van der Waals surface area contributed by atoms with Crippen molar-refractivity contribution in [2.24, 2.45) is 0 Å². The van der Waals surface area contributed by atoms with Gasteiger partial charge in [-0.3, -0.25) is 9.69 Å². The van der Waals surface area contributed by atoms with Crippen LogP contribution in [0.3, 0.4) is 0 Å². The van der Waals surface area contributed by atoms with E-state index in [-0.39, 0.29) is 23.8 Å². The molecule has 0 saturated carbocycles. The normalized spacial score (nSPS) is 19.2. The largest absolute Gasteiger partial charge is 0.504 e. The Balaban J connectivity index is 2.13. The number of aromatic hydroxyl groups is 2. The third-order valence-electron chi connectivity index (χ3n) is 2.90. The van der Waals surface area contributed by atoms with Gasteiger partial charge in [0.15, 0.2) is 11.5 Å². The number of urea groups is 1. The molecule has 0 spiro atoms. The van der Waals surface area contributed by atoms with Gasteiger partial charge in [0.2, 0.25) is 0 Å². The predicted molar refractivity (Wildman–Crippen MR) is 63.2 cm³/mol. The Kier molecular flexibility index (Phi) is 3.10. The van der Waals surface area contributed by atoms with Gasteiger partial charge in [-0.25, -0.2) is 4.79 Å². The molecule has 0 aliphatic carbocycles. The van der Waals surface area contributed by atoms with E-state index in [4.69, 9.17) is 0 Å². The third-order valence-corrected chi connectivity index (χ3v) is 2.90. The average molecular weight is 250 g/mol. The fourth-order valence-corrected chi connectivity index (χ4v) is 1.95. The van der Waals surface area contributed by atoms with Crippen LogP contribution in [-0.4, -0.2) is 39.6 Å². The number of hydrogen-bond acceptors (Lipinski definition) is 4. The highest BCUT2D eigenvalue weighted by molar-refractivity contribution is 6.04. The van der Waals surface area contributed by atoms with Crippen LogP contribution >= 0.6 is 0 Å². The van der Waals surface area contributed by atoms with Gasteiger partial charge >= 0.3 is 6.03 Å². The number of phenolic OH excluding ortho intramolecular Hbond substituents is 2. The fraction of sp³-hybridized carbons (Fsp3) is 0.333. The Morgan fingerprint density at radius 2 is 2.00 bits per heavy atom. The molecule has 1 aliphatic heterocycles. The van der Waals surface area contributed by atoms with E-state index in [9.17, 15) is 19.8 Å². The van der Waals surface area contributed by atoms with Crippen LogP contribution in [0.4, 0.5) is 4.79 Å². The lowest BCUT2D eigenvalue weighted by Gasteiger charge is -2.10. The zero-order chi connectivity index (χ0) is 13.3. The molecule has 1 aromatic carbocycles. The van der Waals surface area contributed by atoms with Gasteiger partial charge in [0.25, 0.3) is 5.91 Å². The van der Waals surface area contributed by atoms with Crippen LogP contribution in [-0.2, 0) is 11.2 Å². The molecule has 3 N–H and O–H groups in total. The molecule has 96 valence electrons. The van der Waals surface area contributed by atoms with Crippen molar-refractivity contribution in [3.63, 3.8) is 0 Å². The molecular formula is C12H14N2O4. The molecule has 1 saturated heterocycles. The van der Waals surface area contributed by atoms with Crippen molar-refractivity contribution in [3.8, 4) is 11.5 Å². The molecule has 0 bridgehead atoms. The molecule has 2 rings (SSSR count). The molecule has 3 amide bonds. The molecule has 6 nitrogen and oxygen atoms in total. The van der Waals surface area contributed by atoms with E-state index >= 15 is 0 Å². The number of hydrogen-bond donors (Lipinski definition) is 3. The van der Waals surface area contributed by atoms with E-state index in [0.29, 0.717) is 12.1 Å². The zero-order valence-corrected chi connectivity index (χ0v) is 9.88. The smallest absolute Gasteiger partial charge is 0.324 e. The highest BCUT2D eigenvalue weighted by Gasteiger charge is 2.36. The summed E-state index contributed by atoms with van der Waals surface area (Å²) < 4.78 is 0. The summed E-state index contributed by atoms with van der Waals surface area (Å²) >= 11 is 0. The lowest BCUT2D eigenvalue weighted by molar-refractivity contribution is -0.127. The quantitative estimate of drug-likeness (QED) is 0.540. The molecule has 1 heterocycles. The average Bonchev–Trinajstić information content (AvgIpc) is 2.59. The van der Waals surface area contributed by atoms with E-state index in [1.54, 1.807) is 13.0 Å². The summed E-state index contributed by atoms with van der Waals surface area (Å²) in [4.78, 5) is 24.4. The number of carbonyl (C=O) groups is 2. The van der Waals surface area contributed by atoms with Crippen molar-refractivity contribution in [2.75, 3.05) is 6.54 Å². The number of likely N-dealkylation sites (N-methyl/N-ethyl adjacent to an activating group) is 1. The SMILES string of the molecule is CCN1C(=O)NC(Cc2ccc(O)c(O)c2)C1=O. The van der Waals surface area contributed by atoms with E-state index in [2.05, 4.69) is 5.32 Å². The van der Waals surface area contributed by atoms with E-state index in [1.807, 2.05) is 0 Å². The molecule has 0 radical (unpaired) electrons. The van der Waals surface area contributed by atoms with Crippen LogP contribution in [0.15, 0.2) is 18.2 Å². The molecule has 1 fully saturated rings. The highest BCUT2D eigenvalue weighted by atomic mass is 16.3. The van der Waals surface area contributed by atoms with Gasteiger partial charge in [0.1, 0.15) is 6.04 Å². The van der Waals surface area contributed by atoms with Crippen molar-refractivity contribution in [1.29, 1.82) is 0 Å². The number of phenols is 2. The monoisotopic (exact) mass is 250 g/mol. The van der Waals surface area contributed by atoms with Crippen LogP contribution in [0, 0.1) is 0 Å². The lowest BCUT2D eigenvalue weighted by Crippen LogP contribution is -2.32. The fourth-order valence-electron chi connectivity index (χ4n) is 1.95. The van der Waals surface area contributed by atoms with Crippen molar-refractivity contribution in [2.45, 2.75) is 19.4 Å². The standard InChI is InChI=1S/C12H14N2O4/c1-2-14-11(17)8(13-12(14)18)5-7-3-4-9(15)10(16)6-7/h3-4,6,8,15-16H,2,5H2,1H3,(H,13,18). The summed E-state index contributed by atoms with van der Waals surface area (Å²) in [5, 5.41) is 21.1. The molecule has 1 unspecified atom stereocenters. The van der Waals surface area contributed by atoms with E-state index in [1.165, 1.54) is 12.1 Å². The van der Waals surface area contributed by atoms with Crippen molar-refractivity contribution >= 4 is 11.9 Å². The first-order valence-electron chi connectivity index (χ1n) is 5.65. The Morgan fingerprint density at radius 1 is 1.28 bits per heavy atom. The number of rotatable bonds is 3. The number of amides is 3.